The number of rotatable bonds is 8. The maximum absolute atomic E-state index is 12.1. The monoisotopic (exact) mass is 501 g/mol. The number of pyridine rings is 1. The van der Waals surface area contributed by atoms with Gasteiger partial charge < -0.3 is 20.4 Å². The van der Waals surface area contributed by atoms with E-state index < -0.39 is 0 Å². The number of aromatic nitrogens is 5. The Labute approximate surface area is 217 Å². The summed E-state index contributed by atoms with van der Waals surface area (Å²) in [4.78, 5) is 31.0. The van der Waals surface area contributed by atoms with E-state index in [0.717, 1.165) is 61.6 Å². The van der Waals surface area contributed by atoms with Crippen LogP contribution in [0.5, 0.6) is 0 Å². The minimum absolute atomic E-state index is 0.0320. The number of hydrogen-bond donors (Lipinski definition) is 2. The Morgan fingerprint density at radius 2 is 1.78 bits per heavy atom. The van der Waals surface area contributed by atoms with Gasteiger partial charge in [-0.1, -0.05) is 0 Å². The molecule has 3 aromatic rings. The summed E-state index contributed by atoms with van der Waals surface area (Å²) in [6, 6.07) is 4.51. The van der Waals surface area contributed by atoms with Crippen molar-refractivity contribution in [3.63, 3.8) is 0 Å². The average Bonchev–Trinajstić information content (AvgIpc) is 3.58. The molecule has 2 N–H and O–H groups in total. The summed E-state index contributed by atoms with van der Waals surface area (Å²) in [7, 11) is 0. The number of nitrogens with one attached hydrogen (secondary N) is 2. The van der Waals surface area contributed by atoms with Crippen LogP contribution >= 0.6 is 0 Å². The SMILES string of the molecule is C#CCCC(=O)NC1CCN(c2cc(N3CCCC3)nc(Nc3cc4c(cn3)cnn4C(C)C)n2)CC1. The molecule has 10 heteroatoms. The van der Waals surface area contributed by atoms with E-state index in [1.165, 1.54) is 12.8 Å². The van der Waals surface area contributed by atoms with Crippen LogP contribution in [0.25, 0.3) is 10.9 Å². The normalized spacial score (nSPS) is 16.4. The summed E-state index contributed by atoms with van der Waals surface area (Å²) in [6.45, 7) is 7.85. The number of terminal acetylenes is 1. The van der Waals surface area contributed by atoms with Crippen molar-refractivity contribution in [1.82, 2.24) is 30.0 Å². The maximum atomic E-state index is 12.1. The van der Waals surface area contributed by atoms with E-state index in [1.807, 2.05) is 23.1 Å². The smallest absolute Gasteiger partial charge is 0.232 e. The van der Waals surface area contributed by atoms with Gasteiger partial charge in [0.2, 0.25) is 11.9 Å². The molecule has 0 aromatic carbocycles. The molecule has 194 valence electrons. The third kappa shape index (κ3) is 5.77. The lowest BCUT2D eigenvalue weighted by atomic mass is 10.0. The van der Waals surface area contributed by atoms with Gasteiger partial charge in [-0.25, -0.2) is 4.98 Å². The van der Waals surface area contributed by atoms with E-state index in [2.05, 4.69) is 56.4 Å². The molecule has 0 bridgehead atoms. The number of nitrogens with zero attached hydrogens (tertiary/aromatic N) is 7. The number of fused-ring (bicyclic) bond motifs is 1. The van der Waals surface area contributed by atoms with Crippen LogP contribution < -0.4 is 20.4 Å². The van der Waals surface area contributed by atoms with Gasteiger partial charge in [0.25, 0.3) is 0 Å². The summed E-state index contributed by atoms with van der Waals surface area (Å²) < 4.78 is 1.99. The van der Waals surface area contributed by atoms with Gasteiger partial charge in [-0.05, 0) is 39.5 Å². The lowest BCUT2D eigenvalue weighted by molar-refractivity contribution is -0.121. The Hall–Kier alpha value is -3.87. The molecule has 37 heavy (non-hydrogen) atoms. The van der Waals surface area contributed by atoms with E-state index >= 15 is 0 Å². The topological polar surface area (TPSA) is 104 Å². The maximum Gasteiger partial charge on any atom is 0.232 e. The van der Waals surface area contributed by atoms with Gasteiger partial charge >= 0.3 is 0 Å². The number of carbonyl (C=O) groups is 1. The summed E-state index contributed by atoms with van der Waals surface area (Å²) >= 11 is 0. The fraction of sp³-hybridized carbons (Fsp3) is 0.519. The van der Waals surface area contributed by atoms with Crippen LogP contribution in [0.15, 0.2) is 24.5 Å². The van der Waals surface area contributed by atoms with E-state index in [1.54, 1.807) is 0 Å². The first kappa shape index (κ1) is 24.8. The van der Waals surface area contributed by atoms with Crippen molar-refractivity contribution >= 4 is 40.2 Å². The summed E-state index contributed by atoms with van der Waals surface area (Å²) in [5, 5.41) is 12.0. The molecule has 5 heterocycles. The molecule has 0 aliphatic carbocycles. The van der Waals surface area contributed by atoms with Gasteiger partial charge in [-0.3, -0.25) is 9.48 Å². The Bertz CT molecular complexity index is 1280. The highest BCUT2D eigenvalue weighted by Crippen LogP contribution is 2.28. The second kappa shape index (κ2) is 11.0. The zero-order valence-electron chi connectivity index (χ0n) is 21.7. The standard InChI is InChI=1S/C27H35N9O/c1-4-5-8-26(37)30-21-9-13-35(14-10-21)25-16-24(34-11-6-7-12-34)32-27(33-25)31-23-15-22-20(17-28-23)18-29-36(22)19(2)3/h1,15-19,21H,5-14H2,2-3H3,(H,30,37)(H,28,31,32,33). The molecule has 5 rings (SSSR count). The van der Waals surface area contributed by atoms with Crippen LogP contribution in [0.4, 0.5) is 23.4 Å². The summed E-state index contributed by atoms with van der Waals surface area (Å²) in [5.74, 6) is 5.61. The highest BCUT2D eigenvalue weighted by atomic mass is 16.1. The van der Waals surface area contributed by atoms with E-state index in [-0.39, 0.29) is 18.0 Å². The largest absolute Gasteiger partial charge is 0.356 e. The van der Waals surface area contributed by atoms with Crippen LogP contribution in [-0.4, -0.2) is 62.9 Å². The third-order valence-electron chi connectivity index (χ3n) is 7.02. The van der Waals surface area contributed by atoms with Gasteiger partial charge in [-0.15, -0.1) is 12.3 Å². The molecule has 10 nitrogen and oxygen atoms in total. The summed E-state index contributed by atoms with van der Waals surface area (Å²) in [6.07, 6.45) is 13.9. The Kier molecular flexibility index (Phi) is 7.40. The van der Waals surface area contributed by atoms with Crippen molar-refractivity contribution in [3.8, 4) is 12.3 Å². The van der Waals surface area contributed by atoms with Crippen molar-refractivity contribution in [1.29, 1.82) is 0 Å². The minimum Gasteiger partial charge on any atom is -0.356 e. The Morgan fingerprint density at radius 3 is 2.46 bits per heavy atom. The molecular weight excluding hydrogens is 466 g/mol. The first-order valence-corrected chi connectivity index (χ1v) is 13.2. The van der Waals surface area contributed by atoms with Gasteiger partial charge in [0.1, 0.15) is 17.5 Å². The second-order valence-corrected chi connectivity index (χ2v) is 10.1. The molecule has 0 saturated carbocycles. The number of anilines is 4. The molecule has 0 radical (unpaired) electrons. The summed E-state index contributed by atoms with van der Waals surface area (Å²) in [5.41, 5.74) is 1.02. The molecule has 2 aliphatic rings. The number of hydrogen-bond acceptors (Lipinski definition) is 8. The fourth-order valence-corrected chi connectivity index (χ4v) is 5.02. The van der Waals surface area contributed by atoms with Gasteiger partial charge in [0, 0.05) is 74.8 Å². The average molecular weight is 502 g/mol. The highest BCUT2D eigenvalue weighted by molar-refractivity contribution is 5.81. The first-order valence-electron chi connectivity index (χ1n) is 13.2. The van der Waals surface area contributed by atoms with Crippen LogP contribution in [0.3, 0.4) is 0 Å². The molecule has 3 aromatic heterocycles. The van der Waals surface area contributed by atoms with Crippen molar-refractivity contribution in [2.45, 2.75) is 64.5 Å². The minimum atomic E-state index is 0.0320. The molecule has 2 aliphatic heterocycles. The van der Waals surface area contributed by atoms with Gasteiger partial charge in [-0.2, -0.15) is 15.1 Å². The fourth-order valence-electron chi connectivity index (χ4n) is 5.02. The molecule has 1 amide bonds. The lowest BCUT2D eigenvalue weighted by Gasteiger charge is -2.33. The van der Waals surface area contributed by atoms with Crippen LogP contribution in [0.2, 0.25) is 0 Å². The molecule has 0 atom stereocenters. The van der Waals surface area contributed by atoms with E-state index in [0.29, 0.717) is 24.6 Å². The van der Waals surface area contributed by atoms with Gasteiger partial charge in [0.15, 0.2) is 0 Å². The zero-order valence-corrected chi connectivity index (χ0v) is 21.7. The lowest BCUT2D eigenvalue weighted by Crippen LogP contribution is -2.45. The Morgan fingerprint density at radius 1 is 1.08 bits per heavy atom. The molecule has 0 unspecified atom stereocenters. The van der Waals surface area contributed by atoms with E-state index in [4.69, 9.17) is 16.4 Å². The van der Waals surface area contributed by atoms with Crippen molar-refractivity contribution in [2.24, 2.45) is 0 Å². The predicted octanol–water partition coefficient (Wildman–Crippen LogP) is 3.64. The second-order valence-electron chi connectivity index (χ2n) is 10.1. The van der Waals surface area contributed by atoms with Crippen molar-refractivity contribution in [2.75, 3.05) is 41.3 Å². The van der Waals surface area contributed by atoms with Crippen molar-refractivity contribution in [3.05, 3.63) is 24.5 Å². The molecular formula is C27H35N9O. The molecule has 2 saturated heterocycles. The highest BCUT2D eigenvalue weighted by Gasteiger charge is 2.24. The Balaban J connectivity index is 1.34. The zero-order chi connectivity index (χ0) is 25.8. The first-order chi connectivity index (χ1) is 18.0. The van der Waals surface area contributed by atoms with Gasteiger partial charge in [0.05, 0.1) is 11.7 Å². The molecule has 2 fully saturated rings. The number of carbonyl (C=O) groups excluding carboxylic acids is 1. The van der Waals surface area contributed by atoms with Crippen LogP contribution in [0.1, 0.15) is 58.4 Å². The van der Waals surface area contributed by atoms with E-state index in [9.17, 15) is 4.79 Å². The molecule has 0 spiro atoms. The quantitative estimate of drug-likeness (QED) is 0.451. The van der Waals surface area contributed by atoms with Crippen molar-refractivity contribution < 1.29 is 4.79 Å². The number of piperidine rings is 1. The van der Waals surface area contributed by atoms with Crippen LogP contribution in [0, 0.1) is 12.3 Å². The number of amides is 1. The third-order valence-corrected chi connectivity index (χ3v) is 7.02. The predicted molar refractivity (Wildman–Crippen MR) is 146 cm³/mol. The van der Waals surface area contributed by atoms with Crippen LogP contribution in [-0.2, 0) is 4.79 Å².